The maximum Gasteiger partial charge on any atom is 0.232 e. The largest absolute Gasteiger partial charge is 0.348 e. The zero-order valence-electron chi connectivity index (χ0n) is 17.1. The van der Waals surface area contributed by atoms with Gasteiger partial charge in [0.05, 0.1) is 30.1 Å². The van der Waals surface area contributed by atoms with Crippen LogP contribution in [0.25, 0.3) is 0 Å². The Kier molecular flexibility index (Phi) is 6.68. The molecule has 0 unspecified atom stereocenters. The smallest absolute Gasteiger partial charge is 0.232 e. The van der Waals surface area contributed by atoms with Crippen LogP contribution in [0.5, 0.6) is 0 Å². The Balaban J connectivity index is 2.35. The van der Waals surface area contributed by atoms with Gasteiger partial charge < -0.3 is 4.57 Å². The molecule has 0 atom stereocenters. The van der Waals surface area contributed by atoms with E-state index in [9.17, 15) is 13.2 Å². The standard InChI is InChI=1S/C21H27N3O3S/c1-15(2)9-10-23-16(3)11-20(17(23)4)21(25)14-24(28(5,26)27)19-8-6-7-18(12-19)13-22/h6-8,11-12,15H,9-10,14H2,1-5H3. The lowest BCUT2D eigenvalue weighted by Crippen LogP contribution is -2.35. The molecule has 0 spiro atoms. The van der Waals surface area contributed by atoms with Crippen LogP contribution in [0.1, 0.15) is 47.6 Å². The number of rotatable bonds is 8. The summed E-state index contributed by atoms with van der Waals surface area (Å²) in [6.45, 7) is 8.67. The molecule has 0 aliphatic rings. The van der Waals surface area contributed by atoms with Crippen molar-refractivity contribution in [3.8, 4) is 6.07 Å². The van der Waals surface area contributed by atoms with Gasteiger partial charge in [-0.25, -0.2) is 8.42 Å². The summed E-state index contributed by atoms with van der Waals surface area (Å²) in [4.78, 5) is 13.0. The molecule has 6 nitrogen and oxygen atoms in total. The van der Waals surface area contributed by atoms with Crippen LogP contribution in [0.15, 0.2) is 30.3 Å². The average molecular weight is 402 g/mol. The summed E-state index contributed by atoms with van der Waals surface area (Å²) in [5.41, 5.74) is 3.02. The summed E-state index contributed by atoms with van der Waals surface area (Å²) < 4.78 is 27.8. The molecule has 1 aromatic heterocycles. The quantitative estimate of drug-likeness (QED) is 0.632. The van der Waals surface area contributed by atoms with E-state index >= 15 is 0 Å². The number of ketones is 1. The molecule has 0 aliphatic carbocycles. The molecule has 0 N–H and O–H groups in total. The first kappa shape index (κ1) is 21.7. The van der Waals surface area contributed by atoms with Gasteiger partial charge in [-0.3, -0.25) is 9.10 Å². The van der Waals surface area contributed by atoms with Gasteiger partial charge in [-0.15, -0.1) is 0 Å². The SMILES string of the molecule is Cc1cc(C(=O)CN(c2cccc(C#N)c2)S(C)(=O)=O)c(C)n1CCC(C)C. The van der Waals surface area contributed by atoms with E-state index < -0.39 is 10.0 Å². The third-order valence-electron chi connectivity index (χ3n) is 4.75. The van der Waals surface area contributed by atoms with Gasteiger partial charge in [-0.1, -0.05) is 19.9 Å². The van der Waals surface area contributed by atoms with Gasteiger partial charge in [-0.2, -0.15) is 5.26 Å². The van der Waals surface area contributed by atoms with Gasteiger partial charge in [0, 0.05) is 23.5 Å². The lowest BCUT2D eigenvalue weighted by atomic mass is 10.1. The second-order valence-electron chi connectivity index (χ2n) is 7.47. The Bertz CT molecular complexity index is 1010. The van der Waals surface area contributed by atoms with Crippen molar-refractivity contribution in [2.45, 2.75) is 40.7 Å². The molecular weight excluding hydrogens is 374 g/mol. The van der Waals surface area contributed by atoms with Gasteiger partial charge in [0.25, 0.3) is 0 Å². The zero-order valence-corrected chi connectivity index (χ0v) is 17.9. The molecule has 0 saturated heterocycles. The number of Topliss-reactive ketones (excluding diaryl/α,β-unsaturated/α-hetero) is 1. The molecule has 0 amide bonds. The number of aromatic nitrogens is 1. The van der Waals surface area contributed by atoms with Crippen molar-refractivity contribution in [2.75, 3.05) is 17.1 Å². The molecule has 7 heteroatoms. The first-order valence-electron chi connectivity index (χ1n) is 9.22. The summed E-state index contributed by atoms with van der Waals surface area (Å²) in [5, 5.41) is 9.08. The highest BCUT2D eigenvalue weighted by Crippen LogP contribution is 2.22. The van der Waals surface area contributed by atoms with Crippen molar-refractivity contribution >= 4 is 21.5 Å². The minimum absolute atomic E-state index is 0.267. The van der Waals surface area contributed by atoms with Crippen molar-refractivity contribution in [3.63, 3.8) is 0 Å². The number of nitriles is 1. The average Bonchev–Trinajstić information content (AvgIpc) is 2.90. The maximum absolute atomic E-state index is 13.0. The van der Waals surface area contributed by atoms with Crippen LogP contribution >= 0.6 is 0 Å². The molecule has 0 saturated carbocycles. The number of sulfonamides is 1. The minimum Gasteiger partial charge on any atom is -0.348 e. The summed E-state index contributed by atoms with van der Waals surface area (Å²) >= 11 is 0. The highest BCUT2D eigenvalue weighted by Gasteiger charge is 2.24. The summed E-state index contributed by atoms with van der Waals surface area (Å²) in [7, 11) is -3.69. The molecule has 2 aromatic rings. The molecule has 0 radical (unpaired) electrons. The molecule has 2 rings (SSSR count). The van der Waals surface area contributed by atoms with Gasteiger partial charge in [0.15, 0.2) is 5.78 Å². The van der Waals surface area contributed by atoms with Crippen molar-refractivity contribution in [1.82, 2.24) is 4.57 Å². The fraction of sp³-hybridized carbons (Fsp3) is 0.429. The second-order valence-corrected chi connectivity index (χ2v) is 9.38. The zero-order chi connectivity index (χ0) is 21.1. The third kappa shape index (κ3) is 5.02. The third-order valence-corrected chi connectivity index (χ3v) is 5.90. The highest BCUT2D eigenvalue weighted by atomic mass is 32.2. The molecule has 150 valence electrons. The number of carbonyl (C=O) groups is 1. The van der Waals surface area contributed by atoms with Gasteiger partial charge in [0.1, 0.15) is 0 Å². The molecule has 0 bridgehead atoms. The first-order valence-corrected chi connectivity index (χ1v) is 11.1. The van der Waals surface area contributed by atoms with Crippen molar-refractivity contribution < 1.29 is 13.2 Å². The number of carbonyl (C=O) groups excluding carboxylic acids is 1. The van der Waals surface area contributed by atoms with Crippen molar-refractivity contribution in [2.24, 2.45) is 5.92 Å². The van der Waals surface area contributed by atoms with Crippen LogP contribution in [-0.4, -0.2) is 31.6 Å². The Morgan fingerprint density at radius 3 is 2.50 bits per heavy atom. The monoisotopic (exact) mass is 401 g/mol. The normalized spacial score (nSPS) is 11.5. The van der Waals surface area contributed by atoms with E-state index in [2.05, 4.69) is 18.4 Å². The van der Waals surface area contributed by atoms with E-state index in [4.69, 9.17) is 5.26 Å². The van der Waals surface area contributed by atoms with Crippen LogP contribution in [0.2, 0.25) is 0 Å². The fourth-order valence-corrected chi connectivity index (χ4v) is 4.01. The minimum atomic E-state index is -3.69. The van der Waals surface area contributed by atoms with Crippen molar-refractivity contribution in [3.05, 3.63) is 52.8 Å². The van der Waals surface area contributed by atoms with E-state index in [0.29, 0.717) is 22.7 Å². The lowest BCUT2D eigenvalue weighted by molar-refractivity contribution is 0.100. The highest BCUT2D eigenvalue weighted by molar-refractivity contribution is 7.92. The van der Waals surface area contributed by atoms with Gasteiger partial charge in [0.2, 0.25) is 10.0 Å². The van der Waals surface area contributed by atoms with E-state index in [1.807, 2.05) is 26.0 Å². The van der Waals surface area contributed by atoms with E-state index in [1.54, 1.807) is 18.2 Å². The number of hydrogen-bond acceptors (Lipinski definition) is 4. The predicted octanol–water partition coefficient (Wildman–Crippen LogP) is 3.67. The van der Waals surface area contributed by atoms with Crippen LogP contribution in [-0.2, 0) is 16.6 Å². The second kappa shape index (κ2) is 8.61. The van der Waals surface area contributed by atoms with Crippen molar-refractivity contribution in [1.29, 1.82) is 5.26 Å². The first-order chi connectivity index (χ1) is 13.0. The van der Waals surface area contributed by atoms with Crippen LogP contribution in [0.4, 0.5) is 5.69 Å². The number of aryl methyl sites for hydroxylation is 1. The van der Waals surface area contributed by atoms with Gasteiger partial charge in [-0.05, 0) is 50.5 Å². The summed E-state index contributed by atoms with van der Waals surface area (Å²) in [5.74, 6) is 0.283. The molecule has 0 aliphatic heterocycles. The summed E-state index contributed by atoms with van der Waals surface area (Å²) in [6.07, 6.45) is 2.06. The molecule has 1 heterocycles. The number of nitrogens with zero attached hydrogens (tertiary/aromatic N) is 3. The lowest BCUT2D eigenvalue weighted by Gasteiger charge is -2.22. The van der Waals surface area contributed by atoms with Crippen LogP contribution in [0, 0.1) is 31.1 Å². The topological polar surface area (TPSA) is 83.2 Å². The molecule has 28 heavy (non-hydrogen) atoms. The fourth-order valence-electron chi connectivity index (χ4n) is 3.16. The summed E-state index contributed by atoms with van der Waals surface area (Å²) in [6, 6.07) is 10.1. The van der Waals surface area contributed by atoms with E-state index in [1.165, 1.54) is 6.07 Å². The van der Waals surface area contributed by atoms with E-state index in [-0.39, 0.29) is 12.3 Å². The Morgan fingerprint density at radius 1 is 1.25 bits per heavy atom. The number of benzene rings is 1. The van der Waals surface area contributed by atoms with E-state index in [0.717, 1.165) is 34.9 Å². The molecular formula is C21H27N3O3S. The molecule has 1 aromatic carbocycles. The maximum atomic E-state index is 13.0. The van der Waals surface area contributed by atoms with Crippen LogP contribution in [0.3, 0.4) is 0 Å². The van der Waals surface area contributed by atoms with Gasteiger partial charge >= 0.3 is 0 Å². The predicted molar refractivity (Wildman–Crippen MR) is 111 cm³/mol. The Hall–Kier alpha value is -2.59. The Labute approximate surface area is 167 Å². The van der Waals surface area contributed by atoms with Crippen LogP contribution < -0.4 is 4.31 Å². The number of anilines is 1. The number of hydrogen-bond donors (Lipinski definition) is 0. The Morgan fingerprint density at radius 2 is 1.93 bits per heavy atom. The molecule has 0 fully saturated rings.